The van der Waals surface area contributed by atoms with Gasteiger partial charge in [-0.15, -0.1) is 0 Å². The van der Waals surface area contributed by atoms with Gasteiger partial charge >= 0.3 is 0 Å². The first kappa shape index (κ1) is 12.8. The molecule has 1 unspecified atom stereocenters. The Morgan fingerprint density at radius 3 is 2.33 bits per heavy atom. The van der Waals surface area contributed by atoms with Crippen molar-refractivity contribution in [3.63, 3.8) is 0 Å². The van der Waals surface area contributed by atoms with E-state index in [0.29, 0.717) is 0 Å². The summed E-state index contributed by atoms with van der Waals surface area (Å²) in [5, 5.41) is 0. The number of nitrogens with zero attached hydrogens (tertiary/aromatic N) is 1. The third-order valence-corrected chi connectivity index (χ3v) is 3.95. The van der Waals surface area contributed by atoms with Crippen LogP contribution in [0.5, 0.6) is 0 Å². The molecule has 1 aromatic carbocycles. The Kier molecular flexibility index (Phi) is 3.51. The minimum Gasteiger partial charge on any atom is -0.279 e. The first-order chi connectivity index (χ1) is 8.53. The van der Waals surface area contributed by atoms with E-state index in [1.54, 1.807) is 0 Å². The fourth-order valence-electron chi connectivity index (χ4n) is 2.40. The molecule has 0 saturated heterocycles. The van der Waals surface area contributed by atoms with E-state index in [2.05, 4.69) is 64.1 Å². The molecule has 0 fully saturated rings. The molecule has 1 heterocycles. The fraction of sp³-hybridized carbons (Fsp3) is 0.353. The molecule has 0 radical (unpaired) electrons. The van der Waals surface area contributed by atoms with Crippen LogP contribution in [-0.2, 0) is 0 Å². The number of hydrogen-bond acceptors (Lipinski definition) is 1. The number of benzene rings is 1. The summed E-state index contributed by atoms with van der Waals surface area (Å²) in [7, 11) is 0. The molecule has 0 aromatic heterocycles. The Labute approximate surface area is 110 Å². The number of hydrogen-bond donors (Lipinski definition) is 0. The van der Waals surface area contributed by atoms with Crippen molar-refractivity contribution < 1.29 is 0 Å². The monoisotopic (exact) mass is 239 g/mol. The zero-order valence-corrected chi connectivity index (χ0v) is 11.7. The van der Waals surface area contributed by atoms with Gasteiger partial charge in [0.15, 0.2) is 0 Å². The number of aliphatic imine (C=N–C) groups is 1. The molecule has 0 saturated carbocycles. The Balaban J connectivity index is 2.10. The van der Waals surface area contributed by atoms with Gasteiger partial charge < -0.3 is 0 Å². The molecule has 18 heavy (non-hydrogen) atoms. The van der Waals surface area contributed by atoms with Gasteiger partial charge in [-0.2, -0.15) is 0 Å². The highest BCUT2D eigenvalue weighted by Gasteiger charge is 2.30. The van der Waals surface area contributed by atoms with Crippen molar-refractivity contribution in [2.75, 3.05) is 0 Å². The second-order valence-corrected chi connectivity index (χ2v) is 5.24. The molecular formula is C17H21N. The zero-order chi connectivity index (χ0) is 13.2. The molecule has 94 valence electrons. The first-order valence-corrected chi connectivity index (χ1v) is 6.49. The van der Waals surface area contributed by atoms with Gasteiger partial charge in [0, 0.05) is 5.71 Å². The van der Waals surface area contributed by atoms with E-state index in [4.69, 9.17) is 4.99 Å². The Hall–Kier alpha value is -1.63. The molecule has 1 aliphatic rings. The van der Waals surface area contributed by atoms with Crippen LogP contribution in [0.1, 0.15) is 39.7 Å². The van der Waals surface area contributed by atoms with Gasteiger partial charge in [0.25, 0.3) is 0 Å². The summed E-state index contributed by atoms with van der Waals surface area (Å²) in [6.45, 7) is 8.69. The van der Waals surface area contributed by atoms with Crippen molar-refractivity contribution in [3.8, 4) is 0 Å². The topological polar surface area (TPSA) is 12.4 Å². The highest BCUT2D eigenvalue weighted by atomic mass is 14.9. The van der Waals surface area contributed by atoms with Gasteiger partial charge in [-0.3, -0.25) is 4.99 Å². The smallest absolute Gasteiger partial charge is 0.0829 e. The minimum atomic E-state index is -0.0422. The standard InChI is InChI=1S/C17H21N/c1-13-14(2)17(4,18-15(13)3)12-8-11-16-9-6-5-7-10-16/h5-11H,12H2,1-4H3/b11-8+. The van der Waals surface area contributed by atoms with Crippen LogP contribution in [0.3, 0.4) is 0 Å². The van der Waals surface area contributed by atoms with Crippen molar-refractivity contribution in [1.82, 2.24) is 0 Å². The molecule has 0 spiro atoms. The summed E-state index contributed by atoms with van der Waals surface area (Å²) in [6.07, 6.45) is 5.37. The predicted octanol–water partition coefficient (Wildman–Crippen LogP) is 4.66. The SMILES string of the molecule is CC1=NC(C)(C/C=C/c2ccccc2)C(C)=C1C. The normalized spacial score (nSPS) is 23.9. The van der Waals surface area contributed by atoms with Crippen molar-refractivity contribution in [2.45, 2.75) is 39.7 Å². The van der Waals surface area contributed by atoms with Crippen LogP contribution in [-0.4, -0.2) is 11.3 Å². The van der Waals surface area contributed by atoms with Gasteiger partial charge in [-0.1, -0.05) is 42.5 Å². The molecule has 1 aliphatic heterocycles. The molecule has 1 aromatic rings. The maximum atomic E-state index is 4.80. The van der Waals surface area contributed by atoms with Gasteiger partial charge in [0.1, 0.15) is 0 Å². The Morgan fingerprint density at radius 1 is 1.11 bits per heavy atom. The molecule has 2 rings (SSSR count). The van der Waals surface area contributed by atoms with E-state index in [0.717, 1.165) is 6.42 Å². The summed E-state index contributed by atoms with van der Waals surface area (Å²) >= 11 is 0. The van der Waals surface area contributed by atoms with Crippen LogP contribution in [0.25, 0.3) is 6.08 Å². The van der Waals surface area contributed by atoms with Crippen LogP contribution < -0.4 is 0 Å². The maximum Gasteiger partial charge on any atom is 0.0829 e. The van der Waals surface area contributed by atoms with Crippen LogP contribution in [0.4, 0.5) is 0 Å². The summed E-state index contributed by atoms with van der Waals surface area (Å²) in [4.78, 5) is 4.80. The molecule has 0 amide bonds. The van der Waals surface area contributed by atoms with Gasteiger partial charge in [-0.05, 0) is 50.8 Å². The molecular weight excluding hydrogens is 218 g/mol. The highest BCUT2D eigenvalue weighted by Crippen LogP contribution is 2.34. The average Bonchev–Trinajstić information content (AvgIpc) is 2.55. The van der Waals surface area contributed by atoms with E-state index >= 15 is 0 Å². The summed E-state index contributed by atoms with van der Waals surface area (Å²) in [5.41, 5.74) is 5.14. The lowest BCUT2D eigenvalue weighted by atomic mass is 9.89. The van der Waals surface area contributed by atoms with E-state index in [-0.39, 0.29) is 5.54 Å². The zero-order valence-electron chi connectivity index (χ0n) is 11.7. The lowest BCUT2D eigenvalue weighted by Crippen LogP contribution is -2.20. The van der Waals surface area contributed by atoms with E-state index in [1.807, 2.05) is 6.07 Å². The van der Waals surface area contributed by atoms with Crippen LogP contribution >= 0.6 is 0 Å². The summed E-state index contributed by atoms with van der Waals surface area (Å²) in [6, 6.07) is 10.4. The van der Waals surface area contributed by atoms with Crippen LogP contribution in [0.15, 0.2) is 52.5 Å². The number of rotatable bonds is 3. The Bertz CT molecular complexity index is 520. The van der Waals surface area contributed by atoms with Gasteiger partial charge in [-0.25, -0.2) is 0 Å². The predicted molar refractivity (Wildman–Crippen MR) is 80.0 cm³/mol. The Morgan fingerprint density at radius 2 is 1.78 bits per heavy atom. The van der Waals surface area contributed by atoms with Crippen molar-refractivity contribution in [2.24, 2.45) is 4.99 Å². The highest BCUT2D eigenvalue weighted by molar-refractivity contribution is 6.01. The lowest BCUT2D eigenvalue weighted by Gasteiger charge is -2.21. The number of allylic oxidation sites excluding steroid dienone is 1. The minimum absolute atomic E-state index is 0.0422. The van der Waals surface area contributed by atoms with Crippen LogP contribution in [0.2, 0.25) is 0 Å². The third kappa shape index (κ3) is 2.45. The quantitative estimate of drug-likeness (QED) is 0.727. The molecule has 1 heteroatoms. The van der Waals surface area contributed by atoms with Crippen LogP contribution in [0, 0.1) is 0 Å². The summed E-state index contributed by atoms with van der Waals surface area (Å²) in [5.74, 6) is 0. The van der Waals surface area contributed by atoms with Gasteiger partial charge in [0.2, 0.25) is 0 Å². The second-order valence-electron chi connectivity index (χ2n) is 5.24. The fourth-order valence-corrected chi connectivity index (χ4v) is 2.40. The summed E-state index contributed by atoms with van der Waals surface area (Å²) < 4.78 is 0. The molecule has 1 nitrogen and oxygen atoms in total. The second kappa shape index (κ2) is 4.93. The molecule has 1 atom stereocenters. The van der Waals surface area contributed by atoms with Gasteiger partial charge in [0.05, 0.1) is 5.54 Å². The maximum absolute atomic E-state index is 4.80. The molecule has 0 aliphatic carbocycles. The van der Waals surface area contributed by atoms with E-state index < -0.39 is 0 Å². The lowest BCUT2D eigenvalue weighted by molar-refractivity contribution is 0.572. The van der Waals surface area contributed by atoms with E-state index in [9.17, 15) is 0 Å². The van der Waals surface area contributed by atoms with Crippen molar-refractivity contribution in [3.05, 3.63) is 53.1 Å². The molecule has 0 N–H and O–H groups in total. The molecule has 0 bridgehead atoms. The van der Waals surface area contributed by atoms with Crippen molar-refractivity contribution in [1.29, 1.82) is 0 Å². The third-order valence-electron chi connectivity index (χ3n) is 3.95. The average molecular weight is 239 g/mol. The van der Waals surface area contributed by atoms with Crippen molar-refractivity contribution >= 4 is 11.8 Å². The van der Waals surface area contributed by atoms with E-state index in [1.165, 1.54) is 22.4 Å². The largest absolute Gasteiger partial charge is 0.279 e. The first-order valence-electron chi connectivity index (χ1n) is 6.49.